The Morgan fingerprint density at radius 3 is 2.92 bits per heavy atom. The van der Waals surface area contributed by atoms with Crippen LogP contribution in [0.3, 0.4) is 0 Å². The Kier molecular flexibility index (Phi) is 5.06. The lowest BCUT2D eigenvalue weighted by Gasteiger charge is -2.09. The van der Waals surface area contributed by atoms with Crippen LogP contribution in [0.1, 0.15) is 30.3 Å². The van der Waals surface area contributed by atoms with Crippen LogP contribution in [0.15, 0.2) is 36.4 Å². The van der Waals surface area contributed by atoms with E-state index in [1.807, 2.05) is 38.1 Å². The zero-order valence-electron chi connectivity index (χ0n) is 14.1. The van der Waals surface area contributed by atoms with Crippen LogP contribution >= 0.6 is 11.6 Å². The van der Waals surface area contributed by atoms with E-state index in [4.69, 9.17) is 16.3 Å². The quantitative estimate of drug-likeness (QED) is 0.628. The van der Waals surface area contributed by atoms with E-state index in [9.17, 15) is 5.26 Å². The van der Waals surface area contributed by atoms with Gasteiger partial charge in [0.2, 0.25) is 0 Å². The zero-order chi connectivity index (χ0) is 17.8. The average molecular weight is 352 g/mol. The van der Waals surface area contributed by atoms with Crippen LogP contribution in [0, 0.1) is 18.3 Å². The monoisotopic (exact) mass is 351 g/mol. The highest BCUT2D eigenvalue weighted by atomic mass is 35.5. The van der Waals surface area contributed by atoms with Gasteiger partial charge in [-0.2, -0.15) is 5.26 Å². The number of aromatic nitrogens is 2. The van der Waals surface area contributed by atoms with Gasteiger partial charge in [0.1, 0.15) is 17.6 Å². The van der Waals surface area contributed by atoms with Gasteiger partial charge < -0.3 is 9.72 Å². The van der Waals surface area contributed by atoms with E-state index >= 15 is 0 Å². The van der Waals surface area contributed by atoms with Gasteiger partial charge in [-0.1, -0.05) is 24.6 Å². The number of rotatable bonds is 5. The van der Waals surface area contributed by atoms with Crippen molar-refractivity contribution < 1.29 is 4.74 Å². The number of nitriles is 1. The molecular weight excluding hydrogens is 334 g/mol. The minimum Gasteiger partial charge on any atom is -0.493 e. The molecule has 25 heavy (non-hydrogen) atoms. The summed E-state index contributed by atoms with van der Waals surface area (Å²) >= 11 is 6.11. The summed E-state index contributed by atoms with van der Waals surface area (Å²) in [6.07, 6.45) is 2.65. The number of nitrogens with zero attached hydrogens (tertiary/aromatic N) is 2. The summed E-state index contributed by atoms with van der Waals surface area (Å²) in [5.41, 5.74) is 4.06. The lowest BCUT2D eigenvalue weighted by Crippen LogP contribution is -1.97. The summed E-state index contributed by atoms with van der Waals surface area (Å²) in [4.78, 5) is 7.72. The smallest absolute Gasteiger partial charge is 0.149 e. The number of hydrogen-bond donors (Lipinski definition) is 1. The Bertz CT molecular complexity index is 982. The maximum Gasteiger partial charge on any atom is 0.149 e. The first-order valence-corrected chi connectivity index (χ1v) is 8.49. The van der Waals surface area contributed by atoms with Crippen molar-refractivity contribution in [2.24, 2.45) is 0 Å². The van der Waals surface area contributed by atoms with Crippen LogP contribution in [0.25, 0.3) is 22.7 Å². The second kappa shape index (κ2) is 7.42. The lowest BCUT2D eigenvalue weighted by molar-refractivity contribution is 0.317. The van der Waals surface area contributed by atoms with Gasteiger partial charge in [0.05, 0.1) is 23.2 Å². The summed E-state index contributed by atoms with van der Waals surface area (Å²) in [5, 5.41) is 10.2. The third-order valence-electron chi connectivity index (χ3n) is 3.75. The van der Waals surface area contributed by atoms with Gasteiger partial charge in [0.25, 0.3) is 0 Å². The number of halogens is 1. The fourth-order valence-electron chi connectivity index (χ4n) is 2.54. The molecule has 0 radical (unpaired) electrons. The summed E-state index contributed by atoms with van der Waals surface area (Å²) in [6, 6.07) is 13.5. The van der Waals surface area contributed by atoms with Crippen LogP contribution < -0.4 is 4.74 Å². The first-order chi connectivity index (χ1) is 12.1. The number of aromatic amines is 1. The number of benzene rings is 2. The summed E-state index contributed by atoms with van der Waals surface area (Å²) in [5.74, 6) is 1.23. The molecule has 0 saturated heterocycles. The molecule has 0 saturated carbocycles. The van der Waals surface area contributed by atoms with E-state index in [2.05, 4.69) is 16.0 Å². The van der Waals surface area contributed by atoms with Crippen molar-refractivity contribution >= 4 is 34.3 Å². The van der Waals surface area contributed by atoms with Gasteiger partial charge >= 0.3 is 0 Å². The Labute approximate surface area is 151 Å². The minimum atomic E-state index is 0.428. The van der Waals surface area contributed by atoms with E-state index in [-0.39, 0.29) is 0 Å². The second-order valence-electron chi connectivity index (χ2n) is 5.81. The van der Waals surface area contributed by atoms with Crippen molar-refractivity contribution in [1.29, 1.82) is 5.26 Å². The molecule has 4 nitrogen and oxygen atoms in total. The van der Waals surface area contributed by atoms with Gasteiger partial charge in [0.15, 0.2) is 0 Å². The normalized spacial score (nSPS) is 11.5. The van der Waals surface area contributed by atoms with E-state index in [0.717, 1.165) is 28.6 Å². The Balaban J connectivity index is 2.05. The standard InChI is InChI=1S/C20H18ClN3O/c1-3-8-25-19-7-5-16(21)11-14(19)10-15(12-22)20-23-17-6-4-13(2)9-18(17)24-20/h4-7,9-11H,3,8H2,1-2H3,(H,23,24). The molecule has 0 fully saturated rings. The number of fused-ring (bicyclic) bond motifs is 1. The van der Waals surface area contributed by atoms with Gasteiger partial charge in [-0.15, -0.1) is 0 Å². The third kappa shape index (κ3) is 3.84. The fraction of sp³-hybridized carbons (Fsp3) is 0.200. The number of imidazole rings is 1. The average Bonchev–Trinajstić information content (AvgIpc) is 3.01. The molecule has 0 amide bonds. The molecule has 0 spiro atoms. The highest BCUT2D eigenvalue weighted by Crippen LogP contribution is 2.28. The van der Waals surface area contributed by atoms with E-state index in [1.165, 1.54) is 0 Å². The van der Waals surface area contributed by atoms with Crippen LogP contribution in [0.4, 0.5) is 0 Å². The predicted octanol–water partition coefficient (Wildman–Crippen LogP) is 5.38. The largest absolute Gasteiger partial charge is 0.493 e. The lowest BCUT2D eigenvalue weighted by atomic mass is 10.1. The number of allylic oxidation sites excluding steroid dienone is 1. The number of hydrogen-bond acceptors (Lipinski definition) is 3. The van der Waals surface area contributed by atoms with Gasteiger partial charge in [-0.25, -0.2) is 4.98 Å². The minimum absolute atomic E-state index is 0.428. The number of H-pyrrole nitrogens is 1. The van der Waals surface area contributed by atoms with Crippen molar-refractivity contribution in [1.82, 2.24) is 9.97 Å². The Morgan fingerprint density at radius 1 is 1.32 bits per heavy atom. The first kappa shape index (κ1) is 17.1. The van der Waals surface area contributed by atoms with Crippen LogP contribution in [-0.2, 0) is 0 Å². The molecular formula is C20H18ClN3O. The van der Waals surface area contributed by atoms with Crippen molar-refractivity contribution in [3.05, 3.63) is 58.4 Å². The van der Waals surface area contributed by atoms with Crippen LogP contribution in [0.2, 0.25) is 5.02 Å². The molecule has 126 valence electrons. The van der Waals surface area contributed by atoms with Crippen molar-refractivity contribution in [3.8, 4) is 11.8 Å². The number of ether oxygens (including phenoxy) is 1. The molecule has 1 aromatic heterocycles. The molecule has 0 aliphatic rings. The van der Waals surface area contributed by atoms with Crippen LogP contribution in [-0.4, -0.2) is 16.6 Å². The van der Waals surface area contributed by atoms with Gasteiger partial charge in [-0.3, -0.25) is 0 Å². The number of aryl methyl sites for hydroxylation is 1. The SMILES string of the molecule is CCCOc1ccc(Cl)cc1C=C(C#N)c1nc2ccc(C)cc2[nH]1. The molecule has 1 N–H and O–H groups in total. The van der Waals surface area contributed by atoms with E-state index in [1.54, 1.807) is 18.2 Å². The molecule has 2 aromatic carbocycles. The first-order valence-electron chi connectivity index (χ1n) is 8.11. The maximum absolute atomic E-state index is 9.60. The molecule has 0 bridgehead atoms. The highest BCUT2D eigenvalue weighted by Gasteiger charge is 2.10. The van der Waals surface area contributed by atoms with Gasteiger partial charge in [0, 0.05) is 10.6 Å². The fourth-order valence-corrected chi connectivity index (χ4v) is 2.72. The topological polar surface area (TPSA) is 61.7 Å². The molecule has 3 aromatic rings. The predicted molar refractivity (Wildman–Crippen MR) is 102 cm³/mol. The Hall–Kier alpha value is -2.77. The van der Waals surface area contributed by atoms with E-state index < -0.39 is 0 Å². The molecule has 0 atom stereocenters. The summed E-state index contributed by atoms with van der Waals surface area (Å²) < 4.78 is 5.75. The molecule has 0 aliphatic heterocycles. The molecule has 0 unspecified atom stereocenters. The third-order valence-corrected chi connectivity index (χ3v) is 3.98. The van der Waals surface area contributed by atoms with Crippen molar-refractivity contribution in [2.75, 3.05) is 6.61 Å². The summed E-state index contributed by atoms with van der Waals surface area (Å²) in [7, 11) is 0. The maximum atomic E-state index is 9.60. The van der Waals surface area contributed by atoms with Crippen LogP contribution in [0.5, 0.6) is 5.75 Å². The van der Waals surface area contributed by atoms with Crippen molar-refractivity contribution in [3.63, 3.8) is 0 Å². The molecule has 3 rings (SSSR count). The molecule has 0 aliphatic carbocycles. The Morgan fingerprint density at radius 2 is 2.16 bits per heavy atom. The number of nitrogens with one attached hydrogen (secondary N) is 1. The molecule has 1 heterocycles. The van der Waals surface area contributed by atoms with Crippen molar-refractivity contribution in [2.45, 2.75) is 20.3 Å². The highest BCUT2D eigenvalue weighted by molar-refractivity contribution is 6.30. The summed E-state index contributed by atoms with van der Waals surface area (Å²) in [6.45, 7) is 4.67. The molecule has 5 heteroatoms. The zero-order valence-corrected chi connectivity index (χ0v) is 14.9. The van der Waals surface area contributed by atoms with E-state index in [0.29, 0.717) is 28.8 Å². The van der Waals surface area contributed by atoms with Gasteiger partial charge in [-0.05, 0) is 55.3 Å². The second-order valence-corrected chi connectivity index (χ2v) is 6.24.